The van der Waals surface area contributed by atoms with Gasteiger partial charge in [0.05, 0.1) is 17.1 Å². The minimum absolute atomic E-state index is 0.0330. The maximum absolute atomic E-state index is 12.7. The Labute approximate surface area is 175 Å². The van der Waals surface area contributed by atoms with Crippen LogP contribution in [0, 0.1) is 0 Å². The highest BCUT2D eigenvalue weighted by Crippen LogP contribution is 2.28. The lowest BCUT2D eigenvalue weighted by molar-refractivity contribution is -0.131. The van der Waals surface area contributed by atoms with Crippen LogP contribution in [0.15, 0.2) is 24.3 Å². The van der Waals surface area contributed by atoms with Crippen molar-refractivity contribution in [1.29, 1.82) is 0 Å². The van der Waals surface area contributed by atoms with Gasteiger partial charge in [-0.3, -0.25) is 9.59 Å². The van der Waals surface area contributed by atoms with Gasteiger partial charge in [-0.1, -0.05) is 30.2 Å². The van der Waals surface area contributed by atoms with Crippen LogP contribution in [0.3, 0.4) is 0 Å². The molecular formula is C21H26ClN5O2. The Morgan fingerprint density at radius 1 is 1.10 bits per heavy atom. The number of nitrogens with one attached hydrogen (secondary N) is 1. The molecule has 7 nitrogen and oxygen atoms in total. The second kappa shape index (κ2) is 8.95. The van der Waals surface area contributed by atoms with Crippen LogP contribution >= 0.6 is 11.6 Å². The smallest absolute Gasteiger partial charge is 0.253 e. The van der Waals surface area contributed by atoms with Crippen LogP contribution in [0.4, 0.5) is 0 Å². The first-order chi connectivity index (χ1) is 14.1. The second-order valence-corrected chi connectivity index (χ2v) is 8.19. The van der Waals surface area contributed by atoms with Crippen molar-refractivity contribution in [3.8, 4) is 0 Å². The molecule has 2 aliphatic rings. The van der Waals surface area contributed by atoms with Crippen LogP contribution in [0.5, 0.6) is 0 Å². The molecule has 1 aromatic heterocycles. The number of amides is 2. The van der Waals surface area contributed by atoms with Crippen molar-refractivity contribution in [1.82, 2.24) is 25.0 Å². The minimum Gasteiger partial charge on any atom is -0.343 e. The molecule has 29 heavy (non-hydrogen) atoms. The van der Waals surface area contributed by atoms with E-state index in [-0.39, 0.29) is 24.3 Å². The fourth-order valence-electron chi connectivity index (χ4n) is 4.23. The predicted octanol–water partition coefficient (Wildman–Crippen LogP) is 2.79. The monoisotopic (exact) mass is 415 g/mol. The number of hydrogen-bond acceptors (Lipinski definition) is 4. The van der Waals surface area contributed by atoms with Gasteiger partial charge in [0, 0.05) is 32.0 Å². The van der Waals surface area contributed by atoms with E-state index in [2.05, 4.69) is 20.1 Å². The van der Waals surface area contributed by atoms with Gasteiger partial charge in [-0.15, -0.1) is 10.2 Å². The van der Waals surface area contributed by atoms with E-state index in [0.717, 1.165) is 43.9 Å². The first-order valence-electron chi connectivity index (χ1n) is 10.4. The molecule has 1 aromatic carbocycles. The van der Waals surface area contributed by atoms with Crippen molar-refractivity contribution in [2.75, 3.05) is 19.6 Å². The molecule has 0 saturated carbocycles. The average molecular weight is 416 g/mol. The SMILES string of the molecule is O=C(NCC(=O)N1CCC[C@H](c2nnc3n2CCCCC3)C1)c1ccccc1Cl. The van der Waals surface area contributed by atoms with Crippen LogP contribution in [0.25, 0.3) is 0 Å². The topological polar surface area (TPSA) is 80.1 Å². The van der Waals surface area contributed by atoms with E-state index in [1.165, 1.54) is 12.8 Å². The van der Waals surface area contributed by atoms with E-state index >= 15 is 0 Å². The molecule has 3 heterocycles. The van der Waals surface area contributed by atoms with E-state index in [1.54, 1.807) is 24.3 Å². The molecule has 2 aliphatic heterocycles. The van der Waals surface area contributed by atoms with Crippen molar-refractivity contribution in [2.24, 2.45) is 0 Å². The van der Waals surface area contributed by atoms with Crippen LogP contribution in [0.2, 0.25) is 5.02 Å². The van der Waals surface area contributed by atoms with E-state index in [4.69, 9.17) is 11.6 Å². The zero-order valence-electron chi connectivity index (χ0n) is 16.4. The summed E-state index contributed by atoms with van der Waals surface area (Å²) in [6.07, 6.45) is 6.46. The van der Waals surface area contributed by atoms with Crippen LogP contribution in [0.1, 0.15) is 60.0 Å². The third-order valence-corrected chi connectivity index (χ3v) is 6.13. The molecule has 0 bridgehead atoms. The summed E-state index contributed by atoms with van der Waals surface area (Å²) in [6.45, 7) is 2.27. The summed E-state index contributed by atoms with van der Waals surface area (Å²) in [5.41, 5.74) is 0.379. The largest absolute Gasteiger partial charge is 0.343 e. The number of nitrogens with zero attached hydrogens (tertiary/aromatic N) is 4. The summed E-state index contributed by atoms with van der Waals surface area (Å²) < 4.78 is 2.27. The molecule has 2 aromatic rings. The zero-order chi connectivity index (χ0) is 20.2. The lowest BCUT2D eigenvalue weighted by atomic mass is 9.97. The summed E-state index contributed by atoms with van der Waals surface area (Å²) >= 11 is 6.06. The van der Waals surface area contributed by atoms with E-state index in [1.807, 2.05) is 4.90 Å². The van der Waals surface area contributed by atoms with Gasteiger partial charge in [0.2, 0.25) is 5.91 Å². The molecule has 1 N–H and O–H groups in total. The number of rotatable bonds is 4. The quantitative estimate of drug-likeness (QED) is 0.832. The van der Waals surface area contributed by atoms with Crippen molar-refractivity contribution in [2.45, 2.75) is 51.0 Å². The highest BCUT2D eigenvalue weighted by Gasteiger charge is 2.29. The summed E-state index contributed by atoms with van der Waals surface area (Å²) in [7, 11) is 0. The Kier molecular flexibility index (Phi) is 6.13. The van der Waals surface area contributed by atoms with Crippen molar-refractivity contribution in [3.05, 3.63) is 46.5 Å². The fourth-order valence-corrected chi connectivity index (χ4v) is 4.45. The molecule has 1 fully saturated rings. The van der Waals surface area contributed by atoms with E-state index < -0.39 is 0 Å². The molecule has 0 unspecified atom stereocenters. The third kappa shape index (κ3) is 4.45. The Bertz CT molecular complexity index is 897. The predicted molar refractivity (Wildman–Crippen MR) is 110 cm³/mol. The maximum atomic E-state index is 12.7. The maximum Gasteiger partial charge on any atom is 0.253 e. The van der Waals surface area contributed by atoms with Gasteiger partial charge in [-0.05, 0) is 37.8 Å². The van der Waals surface area contributed by atoms with Crippen molar-refractivity contribution < 1.29 is 9.59 Å². The number of carbonyl (C=O) groups is 2. The number of hydrogen-bond donors (Lipinski definition) is 1. The first-order valence-corrected chi connectivity index (χ1v) is 10.7. The van der Waals surface area contributed by atoms with E-state index in [9.17, 15) is 9.59 Å². The van der Waals surface area contributed by atoms with Gasteiger partial charge < -0.3 is 14.8 Å². The van der Waals surface area contributed by atoms with Crippen LogP contribution in [-0.4, -0.2) is 51.1 Å². The number of fused-ring (bicyclic) bond motifs is 1. The molecule has 1 saturated heterocycles. The molecule has 4 rings (SSSR count). The van der Waals surface area contributed by atoms with Crippen LogP contribution < -0.4 is 5.32 Å². The number of aryl methyl sites for hydroxylation is 1. The van der Waals surface area contributed by atoms with Gasteiger partial charge >= 0.3 is 0 Å². The molecule has 1 atom stereocenters. The van der Waals surface area contributed by atoms with Crippen LogP contribution in [-0.2, 0) is 17.8 Å². The highest BCUT2D eigenvalue weighted by molar-refractivity contribution is 6.33. The average Bonchev–Trinajstić information content (AvgIpc) is 3.00. The second-order valence-electron chi connectivity index (χ2n) is 7.78. The Morgan fingerprint density at radius 2 is 1.97 bits per heavy atom. The first kappa shape index (κ1) is 19.9. The summed E-state index contributed by atoms with van der Waals surface area (Å²) in [5.74, 6) is 1.88. The van der Waals surface area contributed by atoms with E-state index in [0.29, 0.717) is 23.7 Å². The summed E-state index contributed by atoms with van der Waals surface area (Å²) in [4.78, 5) is 26.9. The lowest BCUT2D eigenvalue weighted by Gasteiger charge is -2.32. The summed E-state index contributed by atoms with van der Waals surface area (Å²) in [5, 5.41) is 11.9. The molecule has 0 spiro atoms. The van der Waals surface area contributed by atoms with Gasteiger partial charge in [0.15, 0.2) is 0 Å². The third-order valence-electron chi connectivity index (χ3n) is 5.80. The molecule has 0 radical (unpaired) electrons. The van der Waals surface area contributed by atoms with Crippen molar-refractivity contribution >= 4 is 23.4 Å². The minimum atomic E-state index is -0.333. The Morgan fingerprint density at radius 3 is 2.83 bits per heavy atom. The lowest BCUT2D eigenvalue weighted by Crippen LogP contribution is -2.45. The summed E-state index contributed by atoms with van der Waals surface area (Å²) in [6, 6.07) is 6.83. The van der Waals surface area contributed by atoms with Gasteiger partial charge in [0.25, 0.3) is 5.91 Å². The molecular weight excluding hydrogens is 390 g/mol. The molecule has 8 heteroatoms. The van der Waals surface area contributed by atoms with Gasteiger partial charge in [-0.2, -0.15) is 0 Å². The number of carbonyl (C=O) groups excluding carboxylic acids is 2. The molecule has 2 amide bonds. The fraction of sp³-hybridized carbons (Fsp3) is 0.524. The molecule has 154 valence electrons. The highest BCUT2D eigenvalue weighted by atomic mass is 35.5. The standard InChI is InChI=1S/C21H26ClN5O2/c22-17-9-4-3-8-16(17)21(29)23-13-19(28)26-11-6-7-15(14-26)20-25-24-18-10-2-1-5-12-27(18)20/h3-4,8-9,15H,1-2,5-7,10-14H2,(H,23,29)/t15-/m0/s1. The number of halogens is 1. The van der Waals surface area contributed by atoms with Gasteiger partial charge in [0.1, 0.15) is 11.6 Å². The Balaban J connectivity index is 1.37. The number of piperidine rings is 1. The number of likely N-dealkylation sites (tertiary alicyclic amines) is 1. The number of benzene rings is 1. The Hall–Kier alpha value is -2.41. The van der Waals surface area contributed by atoms with Crippen molar-refractivity contribution in [3.63, 3.8) is 0 Å². The number of aromatic nitrogens is 3. The zero-order valence-corrected chi connectivity index (χ0v) is 17.2. The molecule has 0 aliphatic carbocycles. The van der Waals surface area contributed by atoms with Gasteiger partial charge in [-0.25, -0.2) is 0 Å². The normalized spacial score (nSPS) is 19.3.